The van der Waals surface area contributed by atoms with Gasteiger partial charge in [0.15, 0.2) is 5.16 Å². The lowest BCUT2D eigenvalue weighted by Gasteiger charge is -2.29. The van der Waals surface area contributed by atoms with E-state index in [1.165, 1.54) is 25.7 Å². The zero-order chi connectivity index (χ0) is 15.2. The van der Waals surface area contributed by atoms with E-state index in [9.17, 15) is 9.59 Å². The van der Waals surface area contributed by atoms with Crippen molar-refractivity contribution in [3.63, 3.8) is 0 Å². The maximum absolute atomic E-state index is 11.5. The van der Waals surface area contributed by atoms with E-state index in [2.05, 4.69) is 22.3 Å². The van der Waals surface area contributed by atoms with Crippen LogP contribution in [-0.2, 0) is 7.05 Å². The van der Waals surface area contributed by atoms with Gasteiger partial charge < -0.3 is 5.32 Å². The van der Waals surface area contributed by atoms with Gasteiger partial charge in [0.05, 0.1) is 0 Å². The summed E-state index contributed by atoms with van der Waals surface area (Å²) >= 11 is 1.60. The van der Waals surface area contributed by atoms with Gasteiger partial charge in [0.2, 0.25) is 0 Å². The number of hydrogen-bond donors (Lipinski definition) is 2. The standard InChI is InChI=1S/C14H24N4O2S/c1-3-15-10-8-6-4-5-7-9-11(10)21-14-16-12(19)13(20)17-18(14)2/h10-11,15H,3-9H2,1-2H3,(H,17,20). The van der Waals surface area contributed by atoms with Gasteiger partial charge in [-0.15, -0.1) is 0 Å². The number of hydrogen-bond acceptors (Lipinski definition) is 5. The smallest absolute Gasteiger partial charge is 0.313 e. The van der Waals surface area contributed by atoms with Crippen molar-refractivity contribution in [3.05, 3.63) is 20.7 Å². The van der Waals surface area contributed by atoms with E-state index in [1.54, 1.807) is 23.5 Å². The molecule has 0 bridgehead atoms. The minimum atomic E-state index is -0.707. The highest BCUT2D eigenvalue weighted by Crippen LogP contribution is 2.30. The number of aromatic amines is 1. The van der Waals surface area contributed by atoms with E-state index < -0.39 is 11.1 Å². The summed E-state index contributed by atoms with van der Waals surface area (Å²) in [6.07, 6.45) is 7.28. The summed E-state index contributed by atoms with van der Waals surface area (Å²) in [5.41, 5.74) is -1.37. The van der Waals surface area contributed by atoms with Crippen molar-refractivity contribution in [3.8, 4) is 0 Å². The zero-order valence-corrected chi connectivity index (χ0v) is 13.5. The molecule has 1 saturated carbocycles. The predicted octanol–water partition coefficient (Wildman–Crippen LogP) is 1.26. The van der Waals surface area contributed by atoms with Crippen LogP contribution in [0.15, 0.2) is 14.7 Å². The molecule has 118 valence electrons. The van der Waals surface area contributed by atoms with Gasteiger partial charge >= 0.3 is 11.1 Å². The van der Waals surface area contributed by atoms with Crippen LogP contribution in [0.3, 0.4) is 0 Å². The monoisotopic (exact) mass is 312 g/mol. The third-order valence-electron chi connectivity index (χ3n) is 3.87. The van der Waals surface area contributed by atoms with Crippen molar-refractivity contribution in [1.29, 1.82) is 0 Å². The van der Waals surface area contributed by atoms with Crippen molar-refractivity contribution in [2.45, 2.75) is 61.9 Å². The molecule has 2 N–H and O–H groups in total. The second-order valence-corrected chi connectivity index (χ2v) is 6.72. The average Bonchev–Trinajstić information content (AvgIpc) is 2.42. The Hall–Kier alpha value is -1.08. The lowest BCUT2D eigenvalue weighted by atomic mass is 9.96. The van der Waals surface area contributed by atoms with Gasteiger partial charge in [0, 0.05) is 18.3 Å². The summed E-state index contributed by atoms with van der Waals surface area (Å²) in [6, 6.07) is 0.434. The van der Waals surface area contributed by atoms with Crippen LogP contribution in [0.2, 0.25) is 0 Å². The van der Waals surface area contributed by atoms with Crippen molar-refractivity contribution >= 4 is 11.8 Å². The van der Waals surface area contributed by atoms with E-state index in [0.717, 1.165) is 19.4 Å². The molecular formula is C14H24N4O2S. The second-order valence-electron chi connectivity index (χ2n) is 5.51. The summed E-state index contributed by atoms with van der Waals surface area (Å²) in [6.45, 7) is 3.06. The highest BCUT2D eigenvalue weighted by atomic mass is 32.2. The Bertz CT molecular complexity index is 569. The fraction of sp³-hybridized carbons (Fsp3) is 0.786. The lowest BCUT2D eigenvalue weighted by molar-refractivity contribution is 0.405. The number of nitrogens with zero attached hydrogens (tertiary/aromatic N) is 2. The molecule has 0 aliphatic heterocycles. The minimum absolute atomic E-state index is 0.384. The van der Waals surface area contributed by atoms with Crippen LogP contribution in [0.4, 0.5) is 0 Å². The maximum Gasteiger partial charge on any atom is 0.339 e. The number of thioether (sulfide) groups is 1. The van der Waals surface area contributed by atoms with Gasteiger partial charge in [-0.3, -0.25) is 19.4 Å². The third-order valence-corrected chi connectivity index (χ3v) is 5.32. The van der Waals surface area contributed by atoms with Gasteiger partial charge in [0.25, 0.3) is 0 Å². The van der Waals surface area contributed by atoms with E-state index in [-0.39, 0.29) is 0 Å². The van der Waals surface area contributed by atoms with Gasteiger partial charge in [-0.1, -0.05) is 44.4 Å². The first-order chi connectivity index (χ1) is 10.1. The Morgan fingerprint density at radius 1 is 1.29 bits per heavy atom. The molecule has 1 aliphatic rings. The van der Waals surface area contributed by atoms with Crippen LogP contribution in [0.25, 0.3) is 0 Å². The molecule has 2 atom stereocenters. The fourth-order valence-corrected chi connectivity index (χ4v) is 4.08. The minimum Gasteiger partial charge on any atom is -0.313 e. The molecule has 0 saturated heterocycles. The summed E-state index contributed by atoms with van der Waals surface area (Å²) < 4.78 is 1.55. The van der Waals surface area contributed by atoms with Gasteiger partial charge in [0.1, 0.15) is 0 Å². The quantitative estimate of drug-likeness (QED) is 0.818. The van der Waals surface area contributed by atoms with Gasteiger partial charge in [-0.25, -0.2) is 0 Å². The highest BCUT2D eigenvalue weighted by molar-refractivity contribution is 7.99. The molecule has 7 heteroatoms. The molecule has 0 spiro atoms. The van der Waals surface area contributed by atoms with Crippen molar-refractivity contribution in [2.75, 3.05) is 6.54 Å². The number of rotatable bonds is 4. The normalized spacial score (nSPS) is 23.5. The summed E-state index contributed by atoms with van der Waals surface area (Å²) in [4.78, 5) is 26.7. The molecule has 6 nitrogen and oxygen atoms in total. The van der Waals surface area contributed by atoms with Crippen molar-refractivity contribution in [1.82, 2.24) is 20.1 Å². The summed E-state index contributed by atoms with van der Waals surface area (Å²) in [5.74, 6) is 0. The van der Waals surface area contributed by atoms with Gasteiger partial charge in [-0.05, 0) is 19.4 Å². The van der Waals surface area contributed by atoms with Crippen LogP contribution < -0.4 is 16.4 Å². The van der Waals surface area contributed by atoms with Crippen molar-refractivity contribution in [2.24, 2.45) is 7.05 Å². The lowest BCUT2D eigenvalue weighted by Crippen LogP contribution is -2.40. The van der Waals surface area contributed by atoms with E-state index in [0.29, 0.717) is 16.4 Å². The molecule has 1 aromatic rings. The highest BCUT2D eigenvalue weighted by Gasteiger charge is 2.24. The van der Waals surface area contributed by atoms with Crippen LogP contribution in [0, 0.1) is 0 Å². The van der Waals surface area contributed by atoms with E-state index >= 15 is 0 Å². The molecule has 2 unspecified atom stereocenters. The molecule has 1 fully saturated rings. The molecule has 2 rings (SSSR count). The first-order valence-corrected chi connectivity index (χ1v) is 8.57. The topological polar surface area (TPSA) is 79.8 Å². The second kappa shape index (κ2) is 7.79. The molecule has 21 heavy (non-hydrogen) atoms. The average molecular weight is 312 g/mol. The Labute approximate surface area is 128 Å². The third kappa shape index (κ3) is 4.44. The number of nitrogens with one attached hydrogen (secondary N) is 2. The predicted molar refractivity (Wildman–Crippen MR) is 84.9 cm³/mol. The molecule has 1 aliphatic carbocycles. The molecular weight excluding hydrogens is 288 g/mol. The molecule has 0 radical (unpaired) electrons. The number of aromatic nitrogens is 3. The van der Waals surface area contributed by atoms with E-state index in [4.69, 9.17) is 0 Å². The largest absolute Gasteiger partial charge is 0.339 e. The first-order valence-electron chi connectivity index (χ1n) is 7.69. The molecule has 0 amide bonds. The number of aryl methyl sites for hydroxylation is 1. The molecule has 0 aromatic carbocycles. The van der Waals surface area contributed by atoms with Crippen LogP contribution in [0.1, 0.15) is 45.4 Å². The van der Waals surface area contributed by atoms with Crippen LogP contribution in [-0.4, -0.2) is 32.6 Å². The molecule has 1 heterocycles. The van der Waals surface area contributed by atoms with Gasteiger partial charge in [-0.2, -0.15) is 4.98 Å². The maximum atomic E-state index is 11.5. The van der Waals surface area contributed by atoms with Crippen molar-refractivity contribution < 1.29 is 0 Å². The number of H-pyrrole nitrogens is 1. The Morgan fingerprint density at radius 2 is 2.00 bits per heavy atom. The SMILES string of the molecule is CCNC1CCCCCCC1Sc1nc(=O)c(=O)[nH]n1C. The Kier molecular flexibility index (Phi) is 6.05. The summed E-state index contributed by atoms with van der Waals surface area (Å²) in [5, 5.41) is 7.05. The molecule has 1 aromatic heterocycles. The van der Waals surface area contributed by atoms with Crippen LogP contribution >= 0.6 is 11.8 Å². The Morgan fingerprint density at radius 3 is 2.71 bits per heavy atom. The summed E-state index contributed by atoms with van der Waals surface area (Å²) in [7, 11) is 1.72. The Balaban J connectivity index is 2.18. The zero-order valence-electron chi connectivity index (χ0n) is 12.7. The fourth-order valence-electron chi connectivity index (χ4n) is 2.79. The first kappa shape index (κ1) is 16.3. The van der Waals surface area contributed by atoms with E-state index in [1.807, 2.05) is 0 Å². The van der Waals surface area contributed by atoms with Crippen LogP contribution in [0.5, 0.6) is 0 Å².